The van der Waals surface area contributed by atoms with E-state index in [-0.39, 0.29) is 0 Å². The van der Waals surface area contributed by atoms with Gasteiger partial charge in [-0.2, -0.15) is 0 Å². The molecule has 0 radical (unpaired) electrons. The van der Waals surface area contributed by atoms with Gasteiger partial charge in [0.05, 0.1) is 0 Å². The third kappa shape index (κ3) is 4.05. The standard InChI is InChI=1S/C27H31N/c1-21(2)27-25(23-14-8-4-9-15-23)20-26(24-16-10-5-11-17-24)28(27)19-18-22-12-6-3-7-13-22/h3-17,21,25-27H,18-20H2,1-2H3. The first-order chi connectivity index (χ1) is 13.7. The van der Waals surface area contributed by atoms with E-state index in [2.05, 4.69) is 110 Å². The van der Waals surface area contributed by atoms with Crippen molar-refractivity contribution in [1.82, 2.24) is 4.90 Å². The van der Waals surface area contributed by atoms with Crippen LogP contribution in [0.5, 0.6) is 0 Å². The maximum Gasteiger partial charge on any atom is 0.0357 e. The van der Waals surface area contributed by atoms with Crippen LogP contribution in [0.15, 0.2) is 91.0 Å². The number of likely N-dealkylation sites (tertiary alicyclic amines) is 1. The summed E-state index contributed by atoms with van der Waals surface area (Å²) in [6.45, 7) is 5.89. The van der Waals surface area contributed by atoms with Gasteiger partial charge >= 0.3 is 0 Å². The van der Waals surface area contributed by atoms with Gasteiger partial charge in [0, 0.05) is 24.5 Å². The van der Waals surface area contributed by atoms with E-state index in [1.807, 2.05) is 0 Å². The average molecular weight is 370 g/mol. The van der Waals surface area contributed by atoms with Gasteiger partial charge in [-0.1, -0.05) is 105 Å². The van der Waals surface area contributed by atoms with E-state index in [0.29, 0.717) is 23.9 Å². The topological polar surface area (TPSA) is 3.24 Å². The van der Waals surface area contributed by atoms with Crippen molar-refractivity contribution in [3.63, 3.8) is 0 Å². The SMILES string of the molecule is CC(C)C1C(c2ccccc2)CC(c2ccccc2)N1CCc1ccccc1. The van der Waals surface area contributed by atoms with Gasteiger partial charge < -0.3 is 0 Å². The molecule has 3 aromatic rings. The molecule has 0 amide bonds. The van der Waals surface area contributed by atoms with E-state index in [1.54, 1.807) is 0 Å². The van der Waals surface area contributed by atoms with Gasteiger partial charge in [-0.3, -0.25) is 4.90 Å². The zero-order valence-corrected chi connectivity index (χ0v) is 17.0. The Balaban J connectivity index is 1.66. The van der Waals surface area contributed by atoms with Crippen molar-refractivity contribution in [3.05, 3.63) is 108 Å². The van der Waals surface area contributed by atoms with Crippen LogP contribution in [0.1, 0.15) is 48.9 Å². The second-order valence-corrected chi connectivity index (χ2v) is 8.39. The molecule has 1 saturated heterocycles. The van der Waals surface area contributed by atoms with E-state index in [1.165, 1.54) is 23.1 Å². The molecule has 1 heteroatoms. The number of hydrogen-bond donors (Lipinski definition) is 0. The molecule has 3 atom stereocenters. The molecule has 28 heavy (non-hydrogen) atoms. The minimum Gasteiger partial charge on any atom is -0.292 e. The third-order valence-electron chi connectivity index (χ3n) is 6.27. The van der Waals surface area contributed by atoms with Crippen molar-refractivity contribution < 1.29 is 0 Å². The molecule has 3 unspecified atom stereocenters. The van der Waals surface area contributed by atoms with Crippen LogP contribution in [0.2, 0.25) is 0 Å². The lowest BCUT2D eigenvalue weighted by Gasteiger charge is -2.34. The quantitative estimate of drug-likeness (QED) is 0.480. The second-order valence-electron chi connectivity index (χ2n) is 8.39. The molecule has 0 saturated carbocycles. The van der Waals surface area contributed by atoms with Crippen LogP contribution in [0, 0.1) is 5.92 Å². The predicted molar refractivity (Wildman–Crippen MR) is 118 cm³/mol. The average Bonchev–Trinajstić information content (AvgIpc) is 3.14. The third-order valence-corrected chi connectivity index (χ3v) is 6.27. The van der Waals surface area contributed by atoms with Gasteiger partial charge in [0.2, 0.25) is 0 Å². The Bertz CT molecular complexity index is 841. The molecule has 0 aliphatic carbocycles. The fraction of sp³-hybridized carbons (Fsp3) is 0.333. The molecule has 0 bridgehead atoms. The smallest absolute Gasteiger partial charge is 0.0357 e. The van der Waals surface area contributed by atoms with Crippen molar-refractivity contribution in [1.29, 1.82) is 0 Å². The van der Waals surface area contributed by atoms with E-state index in [0.717, 1.165) is 13.0 Å². The summed E-state index contributed by atoms with van der Waals surface area (Å²) in [5.41, 5.74) is 4.38. The van der Waals surface area contributed by atoms with Crippen LogP contribution in [0.4, 0.5) is 0 Å². The molecule has 144 valence electrons. The Labute approximate surface area is 170 Å². The molecule has 0 aromatic heterocycles. The normalized spacial score (nSPS) is 22.6. The summed E-state index contributed by atoms with van der Waals surface area (Å²) in [6, 6.07) is 34.3. The molecular weight excluding hydrogens is 338 g/mol. The van der Waals surface area contributed by atoms with E-state index in [9.17, 15) is 0 Å². The Morgan fingerprint density at radius 3 is 1.86 bits per heavy atom. The number of hydrogen-bond acceptors (Lipinski definition) is 1. The Morgan fingerprint density at radius 1 is 0.750 bits per heavy atom. The lowest BCUT2D eigenvalue weighted by molar-refractivity contribution is 0.154. The summed E-state index contributed by atoms with van der Waals surface area (Å²) in [5, 5.41) is 0. The van der Waals surface area contributed by atoms with Crippen LogP contribution < -0.4 is 0 Å². The van der Waals surface area contributed by atoms with E-state index < -0.39 is 0 Å². The van der Waals surface area contributed by atoms with Gasteiger partial charge in [0.15, 0.2) is 0 Å². The predicted octanol–water partition coefficient (Wildman–Crippen LogP) is 6.48. The molecular formula is C27H31N. The van der Waals surface area contributed by atoms with Crippen molar-refractivity contribution in [2.45, 2.75) is 44.7 Å². The second kappa shape index (κ2) is 8.75. The fourth-order valence-corrected chi connectivity index (χ4v) is 5.05. The molecule has 1 nitrogen and oxygen atoms in total. The van der Waals surface area contributed by atoms with Crippen molar-refractivity contribution in [2.75, 3.05) is 6.54 Å². The van der Waals surface area contributed by atoms with Gasteiger partial charge in [-0.15, -0.1) is 0 Å². The first-order valence-electron chi connectivity index (χ1n) is 10.6. The van der Waals surface area contributed by atoms with Gasteiger partial charge in [0.1, 0.15) is 0 Å². The van der Waals surface area contributed by atoms with Crippen molar-refractivity contribution in [2.24, 2.45) is 5.92 Å². The summed E-state index contributed by atoms with van der Waals surface area (Å²) in [6.07, 6.45) is 2.31. The minimum atomic E-state index is 0.488. The Kier molecular flexibility index (Phi) is 5.92. The summed E-state index contributed by atoms with van der Waals surface area (Å²) < 4.78 is 0. The summed E-state index contributed by atoms with van der Waals surface area (Å²) in [7, 11) is 0. The summed E-state index contributed by atoms with van der Waals surface area (Å²) >= 11 is 0. The minimum absolute atomic E-state index is 0.488. The van der Waals surface area contributed by atoms with E-state index >= 15 is 0 Å². The Hall–Kier alpha value is -2.38. The van der Waals surface area contributed by atoms with E-state index in [4.69, 9.17) is 0 Å². The maximum atomic E-state index is 2.80. The molecule has 1 aliphatic heterocycles. The zero-order chi connectivity index (χ0) is 19.3. The summed E-state index contributed by atoms with van der Waals surface area (Å²) in [4.78, 5) is 2.80. The lowest BCUT2D eigenvalue weighted by atomic mass is 9.85. The highest BCUT2D eigenvalue weighted by Crippen LogP contribution is 2.47. The molecule has 1 heterocycles. The fourth-order valence-electron chi connectivity index (χ4n) is 5.05. The highest BCUT2D eigenvalue weighted by atomic mass is 15.2. The van der Waals surface area contributed by atoms with Crippen LogP contribution >= 0.6 is 0 Å². The number of rotatable bonds is 6. The number of nitrogens with zero attached hydrogens (tertiary/aromatic N) is 1. The molecule has 0 N–H and O–H groups in total. The van der Waals surface area contributed by atoms with Gasteiger partial charge in [-0.05, 0) is 35.4 Å². The highest BCUT2D eigenvalue weighted by Gasteiger charge is 2.43. The van der Waals surface area contributed by atoms with Crippen LogP contribution in [0.3, 0.4) is 0 Å². The molecule has 4 rings (SSSR count). The van der Waals surface area contributed by atoms with Crippen LogP contribution in [-0.4, -0.2) is 17.5 Å². The first-order valence-corrected chi connectivity index (χ1v) is 10.6. The Morgan fingerprint density at radius 2 is 1.29 bits per heavy atom. The molecule has 0 spiro atoms. The van der Waals surface area contributed by atoms with Gasteiger partial charge in [-0.25, -0.2) is 0 Å². The summed E-state index contributed by atoms with van der Waals surface area (Å²) in [5.74, 6) is 1.21. The lowest BCUT2D eigenvalue weighted by Crippen LogP contribution is -2.39. The molecule has 3 aromatic carbocycles. The maximum absolute atomic E-state index is 2.80. The molecule has 1 aliphatic rings. The van der Waals surface area contributed by atoms with Crippen LogP contribution in [-0.2, 0) is 6.42 Å². The van der Waals surface area contributed by atoms with Crippen molar-refractivity contribution >= 4 is 0 Å². The monoisotopic (exact) mass is 369 g/mol. The largest absolute Gasteiger partial charge is 0.292 e. The van der Waals surface area contributed by atoms with Gasteiger partial charge in [0.25, 0.3) is 0 Å². The highest BCUT2D eigenvalue weighted by molar-refractivity contribution is 5.29. The number of benzene rings is 3. The van der Waals surface area contributed by atoms with Crippen LogP contribution in [0.25, 0.3) is 0 Å². The first kappa shape index (κ1) is 19.0. The zero-order valence-electron chi connectivity index (χ0n) is 17.0. The van der Waals surface area contributed by atoms with Crippen molar-refractivity contribution in [3.8, 4) is 0 Å². The molecule has 1 fully saturated rings.